The molecule has 0 aliphatic carbocycles. The number of amides is 1. The Morgan fingerprint density at radius 3 is 2.75 bits per heavy atom. The van der Waals surface area contributed by atoms with Gasteiger partial charge in [-0.25, -0.2) is 10.8 Å². The predicted molar refractivity (Wildman–Crippen MR) is 73.0 cm³/mol. The van der Waals surface area contributed by atoms with Crippen molar-refractivity contribution in [2.45, 2.75) is 19.9 Å². The first-order valence-electron chi connectivity index (χ1n) is 5.83. The van der Waals surface area contributed by atoms with Gasteiger partial charge in [-0.1, -0.05) is 0 Å². The minimum Gasteiger partial charge on any atom is -0.352 e. The molecule has 1 heterocycles. The van der Waals surface area contributed by atoms with Gasteiger partial charge in [0.1, 0.15) is 6.20 Å². The van der Waals surface area contributed by atoms with Crippen molar-refractivity contribution in [3.05, 3.63) is 16.3 Å². The highest BCUT2D eigenvalue weighted by Crippen LogP contribution is 2.24. The number of hydrogen-bond donors (Lipinski definition) is 3. The molecule has 20 heavy (non-hydrogen) atoms. The van der Waals surface area contributed by atoms with E-state index in [0.29, 0.717) is 0 Å². The van der Waals surface area contributed by atoms with E-state index in [-0.39, 0.29) is 35.9 Å². The number of rotatable bonds is 6. The van der Waals surface area contributed by atoms with E-state index in [0.717, 1.165) is 6.20 Å². The number of nitrogens with one attached hydrogen (secondary N) is 2. The van der Waals surface area contributed by atoms with Crippen molar-refractivity contribution >= 4 is 23.4 Å². The van der Waals surface area contributed by atoms with Crippen LogP contribution in [0.4, 0.5) is 17.5 Å². The van der Waals surface area contributed by atoms with Crippen LogP contribution in [-0.4, -0.2) is 40.4 Å². The van der Waals surface area contributed by atoms with Crippen molar-refractivity contribution < 1.29 is 9.72 Å². The molecule has 10 nitrogen and oxygen atoms in total. The lowest BCUT2D eigenvalue weighted by atomic mass is 10.3. The van der Waals surface area contributed by atoms with Crippen molar-refractivity contribution in [2.75, 3.05) is 23.9 Å². The van der Waals surface area contributed by atoms with Gasteiger partial charge in [-0.15, -0.1) is 0 Å². The number of nitrogens with zero attached hydrogens (tertiary/aromatic N) is 4. The minimum atomic E-state index is -0.619. The molecule has 0 atom stereocenters. The summed E-state index contributed by atoms with van der Waals surface area (Å²) in [5.74, 6) is 4.94. The Morgan fingerprint density at radius 1 is 1.60 bits per heavy atom. The van der Waals surface area contributed by atoms with Gasteiger partial charge in [0, 0.05) is 13.1 Å². The Labute approximate surface area is 115 Å². The fourth-order valence-corrected chi connectivity index (χ4v) is 1.50. The SMILES string of the molecule is CC(C)NC(=O)CN(C)c1nc(NN)ncc1[N+](=O)[O-]. The van der Waals surface area contributed by atoms with E-state index >= 15 is 0 Å². The van der Waals surface area contributed by atoms with Crippen LogP contribution >= 0.6 is 0 Å². The maximum atomic E-state index is 11.7. The Balaban J connectivity index is 2.97. The minimum absolute atomic E-state index is 0.0110. The molecule has 110 valence electrons. The molecule has 0 fully saturated rings. The zero-order valence-electron chi connectivity index (χ0n) is 11.5. The monoisotopic (exact) mass is 283 g/mol. The van der Waals surface area contributed by atoms with Crippen LogP contribution in [0.15, 0.2) is 6.20 Å². The van der Waals surface area contributed by atoms with Gasteiger partial charge in [0.05, 0.1) is 11.5 Å². The Hall–Kier alpha value is -2.49. The third-order valence-corrected chi connectivity index (χ3v) is 2.27. The van der Waals surface area contributed by atoms with Gasteiger partial charge in [0.25, 0.3) is 0 Å². The number of nitrogens with two attached hydrogens (primary N) is 1. The van der Waals surface area contributed by atoms with Crippen LogP contribution in [0, 0.1) is 10.1 Å². The van der Waals surface area contributed by atoms with Crippen LogP contribution in [0.2, 0.25) is 0 Å². The maximum absolute atomic E-state index is 11.7. The van der Waals surface area contributed by atoms with Crippen molar-refractivity contribution in [2.24, 2.45) is 5.84 Å². The summed E-state index contributed by atoms with van der Waals surface area (Å²) in [5.41, 5.74) is 1.90. The molecule has 0 aromatic carbocycles. The highest BCUT2D eigenvalue weighted by Gasteiger charge is 2.22. The summed E-state index contributed by atoms with van der Waals surface area (Å²) in [7, 11) is 1.52. The van der Waals surface area contributed by atoms with Gasteiger partial charge in [-0.05, 0) is 13.8 Å². The molecule has 0 unspecified atom stereocenters. The summed E-state index contributed by atoms with van der Waals surface area (Å²) in [5, 5.41) is 13.6. The first kappa shape index (κ1) is 15.6. The molecule has 0 aliphatic heterocycles. The van der Waals surface area contributed by atoms with Crippen LogP contribution in [0.25, 0.3) is 0 Å². The number of hydrogen-bond acceptors (Lipinski definition) is 8. The van der Waals surface area contributed by atoms with Gasteiger partial charge in [-0.2, -0.15) is 4.98 Å². The lowest BCUT2D eigenvalue weighted by Crippen LogP contribution is -2.39. The molecule has 0 spiro atoms. The van der Waals surface area contributed by atoms with Gasteiger partial charge in [-0.3, -0.25) is 20.3 Å². The Morgan fingerprint density at radius 2 is 2.25 bits per heavy atom. The fourth-order valence-electron chi connectivity index (χ4n) is 1.50. The first-order chi connectivity index (χ1) is 9.35. The molecule has 0 saturated carbocycles. The number of anilines is 2. The first-order valence-corrected chi connectivity index (χ1v) is 5.83. The van der Waals surface area contributed by atoms with E-state index in [9.17, 15) is 14.9 Å². The number of aromatic nitrogens is 2. The van der Waals surface area contributed by atoms with Crippen molar-refractivity contribution in [3.8, 4) is 0 Å². The summed E-state index contributed by atoms with van der Waals surface area (Å²) < 4.78 is 0. The Bertz CT molecular complexity index is 506. The zero-order valence-corrected chi connectivity index (χ0v) is 11.5. The summed E-state index contributed by atoms with van der Waals surface area (Å²) in [4.78, 5) is 30.9. The van der Waals surface area contributed by atoms with E-state index in [1.54, 1.807) is 0 Å². The lowest BCUT2D eigenvalue weighted by Gasteiger charge is -2.18. The van der Waals surface area contributed by atoms with Crippen molar-refractivity contribution in [1.82, 2.24) is 15.3 Å². The van der Waals surface area contributed by atoms with Gasteiger partial charge < -0.3 is 10.2 Å². The van der Waals surface area contributed by atoms with E-state index in [4.69, 9.17) is 5.84 Å². The van der Waals surface area contributed by atoms with E-state index in [1.807, 2.05) is 13.8 Å². The molecule has 0 saturated heterocycles. The van der Waals surface area contributed by atoms with Gasteiger partial charge >= 0.3 is 5.69 Å². The largest absolute Gasteiger partial charge is 0.352 e. The molecule has 1 aromatic rings. The Kier molecular flexibility index (Phi) is 5.15. The number of hydrazine groups is 1. The standard InChI is InChI=1S/C10H17N7O3/c1-6(2)13-8(18)5-16(3)9-7(17(19)20)4-12-10(14-9)15-11/h4,6H,5,11H2,1-3H3,(H,13,18)(H,12,14,15). The van der Waals surface area contributed by atoms with Crippen LogP contribution < -0.4 is 21.5 Å². The van der Waals surface area contributed by atoms with Crippen molar-refractivity contribution in [3.63, 3.8) is 0 Å². The molecular weight excluding hydrogens is 266 g/mol. The summed E-state index contributed by atoms with van der Waals surface area (Å²) in [6.45, 7) is 3.57. The van der Waals surface area contributed by atoms with E-state index in [1.165, 1.54) is 11.9 Å². The second kappa shape index (κ2) is 6.61. The molecule has 1 rings (SSSR count). The highest BCUT2D eigenvalue weighted by atomic mass is 16.6. The summed E-state index contributed by atoms with van der Waals surface area (Å²) >= 11 is 0. The molecule has 1 amide bonds. The second-order valence-corrected chi connectivity index (χ2v) is 4.38. The average Bonchev–Trinajstić information content (AvgIpc) is 2.36. The van der Waals surface area contributed by atoms with E-state index < -0.39 is 4.92 Å². The van der Waals surface area contributed by atoms with Crippen LogP contribution in [0.1, 0.15) is 13.8 Å². The van der Waals surface area contributed by atoms with Crippen LogP contribution in [-0.2, 0) is 4.79 Å². The quantitative estimate of drug-likeness (QED) is 0.365. The third kappa shape index (κ3) is 4.02. The topological polar surface area (TPSA) is 139 Å². The number of nitrogen functional groups attached to an aromatic ring is 1. The van der Waals surface area contributed by atoms with Crippen molar-refractivity contribution in [1.29, 1.82) is 0 Å². The highest BCUT2D eigenvalue weighted by molar-refractivity contribution is 5.82. The van der Waals surface area contributed by atoms with Gasteiger partial charge in [0.2, 0.25) is 17.7 Å². The smallest absolute Gasteiger partial charge is 0.329 e. The van der Waals surface area contributed by atoms with Crippen LogP contribution in [0.3, 0.4) is 0 Å². The zero-order chi connectivity index (χ0) is 15.3. The second-order valence-electron chi connectivity index (χ2n) is 4.38. The number of carbonyl (C=O) groups excluding carboxylic acids is 1. The molecule has 4 N–H and O–H groups in total. The molecule has 10 heteroatoms. The number of carbonyl (C=O) groups is 1. The third-order valence-electron chi connectivity index (χ3n) is 2.27. The molecular formula is C10H17N7O3. The molecule has 0 aliphatic rings. The predicted octanol–water partition coefficient (Wildman–Crippen LogP) is -0.369. The summed E-state index contributed by atoms with van der Waals surface area (Å²) in [6, 6.07) is -0.0162. The number of nitro groups is 1. The lowest BCUT2D eigenvalue weighted by molar-refractivity contribution is -0.384. The average molecular weight is 283 g/mol. The molecule has 0 bridgehead atoms. The number of likely N-dealkylation sites (N-methyl/N-ethyl adjacent to an activating group) is 1. The van der Waals surface area contributed by atoms with E-state index in [2.05, 4.69) is 20.7 Å². The molecule has 0 radical (unpaired) electrons. The maximum Gasteiger partial charge on any atom is 0.329 e. The van der Waals surface area contributed by atoms with Gasteiger partial charge in [0.15, 0.2) is 0 Å². The van der Waals surface area contributed by atoms with Crippen LogP contribution in [0.5, 0.6) is 0 Å². The molecule has 1 aromatic heterocycles. The fraction of sp³-hybridized carbons (Fsp3) is 0.500. The summed E-state index contributed by atoms with van der Waals surface area (Å²) in [6.07, 6.45) is 1.04. The normalized spacial score (nSPS) is 10.2.